The standard InChI is InChI=1S/C25H30N4O3/c1-17-22(24(29(5)28-17)32-21-13-11-20(31-6)12-14-21)16-26-15-18-7-9-19(10-8-18)23(30)27-25(2,3)4/h7-14,16H,15H2,1-6H3,(H,27,30). The van der Waals surface area contributed by atoms with Gasteiger partial charge in [0.2, 0.25) is 5.88 Å². The average molecular weight is 435 g/mol. The molecule has 1 N–H and O–H groups in total. The number of ether oxygens (including phenoxy) is 2. The van der Waals surface area contributed by atoms with Gasteiger partial charge in [-0.25, -0.2) is 4.68 Å². The number of carbonyl (C=O) groups is 1. The number of methoxy groups -OCH3 is 1. The van der Waals surface area contributed by atoms with E-state index >= 15 is 0 Å². The van der Waals surface area contributed by atoms with Crippen LogP contribution in [-0.4, -0.2) is 34.6 Å². The number of nitrogens with one attached hydrogen (secondary N) is 1. The van der Waals surface area contributed by atoms with Gasteiger partial charge >= 0.3 is 0 Å². The average Bonchev–Trinajstić information content (AvgIpc) is 3.00. The summed E-state index contributed by atoms with van der Waals surface area (Å²) in [6, 6.07) is 14.9. The molecule has 32 heavy (non-hydrogen) atoms. The molecule has 0 unspecified atom stereocenters. The fourth-order valence-electron chi connectivity index (χ4n) is 3.10. The van der Waals surface area contributed by atoms with E-state index in [0.717, 1.165) is 22.6 Å². The Balaban J connectivity index is 1.69. The molecule has 7 nitrogen and oxygen atoms in total. The first-order chi connectivity index (χ1) is 15.2. The Labute approximate surface area is 189 Å². The number of aryl methyl sites for hydroxylation is 2. The first-order valence-corrected chi connectivity index (χ1v) is 10.4. The van der Waals surface area contributed by atoms with Gasteiger partial charge in [-0.15, -0.1) is 0 Å². The van der Waals surface area contributed by atoms with Crippen LogP contribution in [0.1, 0.15) is 48.0 Å². The van der Waals surface area contributed by atoms with Crippen LogP contribution in [0.15, 0.2) is 53.5 Å². The van der Waals surface area contributed by atoms with Gasteiger partial charge in [-0.2, -0.15) is 5.10 Å². The Kier molecular flexibility index (Phi) is 6.98. The van der Waals surface area contributed by atoms with Crippen LogP contribution in [0.3, 0.4) is 0 Å². The lowest BCUT2D eigenvalue weighted by Crippen LogP contribution is -2.40. The molecule has 168 valence electrons. The molecule has 0 fully saturated rings. The van der Waals surface area contributed by atoms with Crippen LogP contribution < -0.4 is 14.8 Å². The maximum atomic E-state index is 12.3. The van der Waals surface area contributed by atoms with Gasteiger partial charge in [-0.1, -0.05) is 12.1 Å². The third-order valence-corrected chi connectivity index (χ3v) is 4.69. The van der Waals surface area contributed by atoms with E-state index in [-0.39, 0.29) is 11.4 Å². The molecule has 3 rings (SSSR count). The zero-order valence-electron chi connectivity index (χ0n) is 19.5. The fourth-order valence-corrected chi connectivity index (χ4v) is 3.10. The summed E-state index contributed by atoms with van der Waals surface area (Å²) >= 11 is 0. The highest BCUT2D eigenvalue weighted by Gasteiger charge is 2.16. The van der Waals surface area contributed by atoms with E-state index in [4.69, 9.17) is 9.47 Å². The van der Waals surface area contributed by atoms with Gasteiger partial charge in [0.05, 0.1) is 24.9 Å². The van der Waals surface area contributed by atoms with E-state index in [9.17, 15) is 4.79 Å². The number of aliphatic imine (C=N–C) groups is 1. The Morgan fingerprint density at radius 1 is 1.09 bits per heavy atom. The third-order valence-electron chi connectivity index (χ3n) is 4.69. The lowest BCUT2D eigenvalue weighted by Gasteiger charge is -2.20. The number of amides is 1. The van der Waals surface area contributed by atoms with E-state index in [1.807, 2.05) is 83.3 Å². The van der Waals surface area contributed by atoms with Crippen LogP contribution in [0.25, 0.3) is 0 Å². The molecule has 3 aromatic rings. The van der Waals surface area contributed by atoms with Gasteiger partial charge < -0.3 is 14.8 Å². The molecule has 0 aliphatic carbocycles. The van der Waals surface area contributed by atoms with Crippen molar-refractivity contribution in [2.45, 2.75) is 39.8 Å². The topological polar surface area (TPSA) is 77.7 Å². The molecule has 0 aliphatic rings. The summed E-state index contributed by atoms with van der Waals surface area (Å²) in [5.41, 5.74) is 3.02. The van der Waals surface area contributed by atoms with Gasteiger partial charge in [-0.3, -0.25) is 9.79 Å². The molecule has 1 amide bonds. The second-order valence-corrected chi connectivity index (χ2v) is 8.58. The Hall–Kier alpha value is -3.61. The third kappa shape index (κ3) is 5.97. The number of carbonyl (C=O) groups excluding carboxylic acids is 1. The predicted molar refractivity (Wildman–Crippen MR) is 126 cm³/mol. The molecular formula is C25H30N4O3. The normalized spacial score (nSPS) is 11.6. The van der Waals surface area contributed by atoms with E-state index in [1.54, 1.807) is 18.0 Å². The Bertz CT molecular complexity index is 1090. The molecular weight excluding hydrogens is 404 g/mol. The minimum atomic E-state index is -0.271. The van der Waals surface area contributed by atoms with Crippen molar-refractivity contribution in [3.63, 3.8) is 0 Å². The molecule has 2 aromatic carbocycles. The highest BCUT2D eigenvalue weighted by atomic mass is 16.5. The zero-order chi connectivity index (χ0) is 23.3. The fraction of sp³-hybridized carbons (Fsp3) is 0.320. The summed E-state index contributed by atoms with van der Waals surface area (Å²) in [6.07, 6.45) is 1.78. The molecule has 0 aliphatic heterocycles. The van der Waals surface area contributed by atoms with Gasteiger partial charge in [0.15, 0.2) is 0 Å². The van der Waals surface area contributed by atoms with Crippen LogP contribution in [-0.2, 0) is 13.6 Å². The van der Waals surface area contributed by atoms with E-state index in [1.165, 1.54) is 0 Å². The van der Waals surface area contributed by atoms with Gasteiger partial charge in [-0.05, 0) is 69.7 Å². The smallest absolute Gasteiger partial charge is 0.251 e. The van der Waals surface area contributed by atoms with Crippen molar-refractivity contribution in [1.82, 2.24) is 15.1 Å². The quantitative estimate of drug-likeness (QED) is 0.548. The van der Waals surface area contributed by atoms with E-state index in [0.29, 0.717) is 23.7 Å². The maximum Gasteiger partial charge on any atom is 0.251 e. The first kappa shape index (κ1) is 23.1. The van der Waals surface area contributed by atoms with Crippen molar-refractivity contribution in [3.05, 3.63) is 70.9 Å². The van der Waals surface area contributed by atoms with Crippen LogP contribution >= 0.6 is 0 Å². The number of nitrogens with zero attached hydrogens (tertiary/aromatic N) is 3. The van der Waals surface area contributed by atoms with Gasteiger partial charge in [0, 0.05) is 24.4 Å². The number of hydrogen-bond donors (Lipinski definition) is 1. The molecule has 0 spiro atoms. The van der Waals surface area contributed by atoms with E-state index in [2.05, 4.69) is 15.4 Å². The van der Waals surface area contributed by atoms with Crippen molar-refractivity contribution in [3.8, 4) is 17.4 Å². The summed E-state index contributed by atoms with van der Waals surface area (Å²) in [5.74, 6) is 1.99. The second kappa shape index (κ2) is 9.68. The molecule has 0 radical (unpaired) electrons. The van der Waals surface area contributed by atoms with Crippen molar-refractivity contribution in [2.24, 2.45) is 12.0 Å². The van der Waals surface area contributed by atoms with Crippen molar-refractivity contribution in [1.29, 1.82) is 0 Å². The molecule has 0 atom stereocenters. The molecule has 0 bridgehead atoms. The van der Waals surface area contributed by atoms with Crippen LogP contribution in [0, 0.1) is 6.92 Å². The number of rotatable bonds is 7. The predicted octanol–water partition coefficient (Wildman–Crippen LogP) is 4.68. The Morgan fingerprint density at radius 3 is 2.31 bits per heavy atom. The summed E-state index contributed by atoms with van der Waals surface area (Å²) < 4.78 is 12.9. The highest BCUT2D eigenvalue weighted by Crippen LogP contribution is 2.27. The summed E-state index contributed by atoms with van der Waals surface area (Å²) in [4.78, 5) is 16.8. The first-order valence-electron chi connectivity index (χ1n) is 10.4. The minimum Gasteiger partial charge on any atom is -0.497 e. The van der Waals surface area contributed by atoms with Crippen molar-refractivity contribution < 1.29 is 14.3 Å². The number of aromatic nitrogens is 2. The second-order valence-electron chi connectivity index (χ2n) is 8.58. The molecule has 0 saturated carbocycles. The number of benzene rings is 2. The van der Waals surface area contributed by atoms with Crippen LogP contribution in [0.2, 0.25) is 0 Å². The lowest BCUT2D eigenvalue weighted by atomic mass is 10.1. The van der Waals surface area contributed by atoms with Crippen molar-refractivity contribution in [2.75, 3.05) is 7.11 Å². The lowest BCUT2D eigenvalue weighted by molar-refractivity contribution is 0.0919. The Morgan fingerprint density at radius 2 is 1.72 bits per heavy atom. The molecule has 1 heterocycles. The highest BCUT2D eigenvalue weighted by molar-refractivity contribution is 5.94. The van der Waals surface area contributed by atoms with Crippen LogP contribution in [0.5, 0.6) is 17.4 Å². The van der Waals surface area contributed by atoms with Gasteiger partial charge in [0.25, 0.3) is 5.91 Å². The van der Waals surface area contributed by atoms with E-state index < -0.39 is 0 Å². The minimum absolute atomic E-state index is 0.0844. The summed E-state index contributed by atoms with van der Waals surface area (Å²) in [6.45, 7) is 8.28. The maximum absolute atomic E-state index is 12.3. The van der Waals surface area contributed by atoms with Crippen molar-refractivity contribution >= 4 is 12.1 Å². The largest absolute Gasteiger partial charge is 0.497 e. The van der Waals surface area contributed by atoms with Crippen LogP contribution in [0.4, 0.5) is 0 Å². The summed E-state index contributed by atoms with van der Waals surface area (Å²) in [5, 5.41) is 7.42. The molecule has 0 saturated heterocycles. The molecule has 7 heteroatoms. The number of hydrogen-bond acceptors (Lipinski definition) is 5. The summed E-state index contributed by atoms with van der Waals surface area (Å²) in [7, 11) is 3.47. The molecule has 1 aromatic heterocycles. The zero-order valence-corrected chi connectivity index (χ0v) is 19.5. The SMILES string of the molecule is COc1ccc(Oc2c(C=NCc3ccc(C(=O)NC(C)(C)C)cc3)c(C)nn2C)cc1. The monoisotopic (exact) mass is 434 g/mol. The van der Waals surface area contributed by atoms with Gasteiger partial charge in [0.1, 0.15) is 11.5 Å².